The Kier molecular flexibility index (Phi) is 7.76. The summed E-state index contributed by atoms with van der Waals surface area (Å²) in [6.07, 6.45) is 0. The maximum atomic E-state index is 13.3. The SMILES string of the molecule is Cc1ccc(S(=O)(=O)N(CC(=O)NCCSc2ccccc2)c2cccc(C)c2)cc1. The van der Waals surface area contributed by atoms with Crippen LogP contribution in [0.2, 0.25) is 0 Å². The molecule has 0 atom stereocenters. The summed E-state index contributed by atoms with van der Waals surface area (Å²) < 4.78 is 27.9. The number of hydrogen-bond donors (Lipinski definition) is 1. The van der Waals surface area contributed by atoms with Crippen LogP contribution in [-0.4, -0.2) is 33.2 Å². The summed E-state index contributed by atoms with van der Waals surface area (Å²) in [4.78, 5) is 13.9. The predicted molar refractivity (Wildman–Crippen MR) is 127 cm³/mol. The molecule has 0 fully saturated rings. The summed E-state index contributed by atoms with van der Waals surface area (Å²) in [7, 11) is -3.89. The summed E-state index contributed by atoms with van der Waals surface area (Å²) >= 11 is 1.64. The van der Waals surface area contributed by atoms with Gasteiger partial charge in [-0.1, -0.05) is 48.0 Å². The molecule has 0 saturated carbocycles. The molecule has 0 aromatic heterocycles. The molecule has 0 radical (unpaired) electrons. The first-order chi connectivity index (χ1) is 14.9. The molecule has 7 heteroatoms. The highest BCUT2D eigenvalue weighted by molar-refractivity contribution is 7.99. The van der Waals surface area contributed by atoms with Crippen molar-refractivity contribution in [2.45, 2.75) is 23.6 Å². The van der Waals surface area contributed by atoms with Gasteiger partial charge in [0.05, 0.1) is 10.6 Å². The van der Waals surface area contributed by atoms with Crippen molar-refractivity contribution in [1.29, 1.82) is 0 Å². The number of carbonyl (C=O) groups is 1. The van der Waals surface area contributed by atoms with E-state index in [1.807, 2.05) is 50.2 Å². The molecule has 1 N–H and O–H groups in total. The van der Waals surface area contributed by atoms with Crippen LogP contribution in [0.25, 0.3) is 0 Å². The normalized spacial score (nSPS) is 11.2. The van der Waals surface area contributed by atoms with Crippen LogP contribution in [0.3, 0.4) is 0 Å². The first-order valence-corrected chi connectivity index (χ1v) is 12.4. The lowest BCUT2D eigenvalue weighted by Gasteiger charge is -2.24. The number of nitrogens with zero attached hydrogens (tertiary/aromatic N) is 1. The Bertz CT molecular complexity index is 1120. The molecule has 3 rings (SSSR count). The Morgan fingerprint density at radius 3 is 2.29 bits per heavy atom. The van der Waals surface area contributed by atoms with Gasteiger partial charge in [0.25, 0.3) is 10.0 Å². The van der Waals surface area contributed by atoms with Gasteiger partial charge < -0.3 is 5.32 Å². The molecule has 0 aliphatic rings. The number of sulfonamides is 1. The van der Waals surface area contributed by atoms with Gasteiger partial charge in [-0.15, -0.1) is 11.8 Å². The molecule has 0 bridgehead atoms. The Hall–Kier alpha value is -2.77. The van der Waals surface area contributed by atoms with Crippen LogP contribution in [0.15, 0.2) is 88.7 Å². The largest absolute Gasteiger partial charge is 0.354 e. The molecular formula is C24H26N2O3S2. The first-order valence-electron chi connectivity index (χ1n) is 9.97. The predicted octanol–water partition coefficient (Wildman–Crippen LogP) is 4.41. The molecule has 1 amide bonds. The van der Waals surface area contributed by atoms with E-state index < -0.39 is 10.0 Å². The monoisotopic (exact) mass is 454 g/mol. The van der Waals surface area contributed by atoms with Gasteiger partial charge in [0, 0.05) is 17.2 Å². The van der Waals surface area contributed by atoms with Crippen LogP contribution in [0.4, 0.5) is 5.69 Å². The minimum atomic E-state index is -3.89. The minimum Gasteiger partial charge on any atom is -0.354 e. The quantitative estimate of drug-likeness (QED) is 0.384. The van der Waals surface area contributed by atoms with E-state index >= 15 is 0 Å². The van der Waals surface area contributed by atoms with Crippen molar-refractivity contribution in [1.82, 2.24) is 5.32 Å². The Morgan fingerprint density at radius 2 is 1.61 bits per heavy atom. The number of thioether (sulfide) groups is 1. The number of hydrogen-bond acceptors (Lipinski definition) is 4. The zero-order valence-electron chi connectivity index (χ0n) is 17.6. The van der Waals surface area contributed by atoms with Gasteiger partial charge >= 0.3 is 0 Å². The molecule has 3 aromatic carbocycles. The van der Waals surface area contributed by atoms with Crippen LogP contribution in [-0.2, 0) is 14.8 Å². The van der Waals surface area contributed by atoms with Crippen molar-refractivity contribution in [2.75, 3.05) is 23.1 Å². The molecule has 0 aliphatic carbocycles. The number of rotatable bonds is 9. The molecule has 0 spiro atoms. The van der Waals surface area contributed by atoms with Crippen molar-refractivity contribution < 1.29 is 13.2 Å². The summed E-state index contributed by atoms with van der Waals surface area (Å²) in [6, 6.07) is 23.7. The fourth-order valence-electron chi connectivity index (χ4n) is 3.00. The maximum absolute atomic E-state index is 13.3. The second kappa shape index (κ2) is 10.5. The third-order valence-corrected chi connectivity index (χ3v) is 7.42. The standard InChI is InChI=1S/C24H26N2O3S2/c1-19-11-13-23(14-12-19)31(28,29)26(21-8-6-7-20(2)17-21)18-24(27)25-15-16-30-22-9-4-3-5-10-22/h3-14,17H,15-16,18H2,1-2H3,(H,25,27). The van der Waals surface area contributed by atoms with Crippen LogP contribution in [0.5, 0.6) is 0 Å². The molecule has 3 aromatic rings. The number of aryl methyl sites for hydroxylation is 2. The van der Waals surface area contributed by atoms with Gasteiger partial charge in [-0.25, -0.2) is 8.42 Å². The maximum Gasteiger partial charge on any atom is 0.264 e. The van der Waals surface area contributed by atoms with Crippen LogP contribution >= 0.6 is 11.8 Å². The third kappa shape index (κ3) is 6.35. The Balaban J connectivity index is 1.72. The Labute approximate surface area is 188 Å². The van der Waals surface area contributed by atoms with E-state index in [1.54, 1.807) is 54.2 Å². The van der Waals surface area contributed by atoms with E-state index in [1.165, 1.54) is 4.31 Å². The van der Waals surface area contributed by atoms with Crippen LogP contribution < -0.4 is 9.62 Å². The van der Waals surface area contributed by atoms with Gasteiger partial charge in [-0.3, -0.25) is 9.10 Å². The lowest BCUT2D eigenvalue weighted by atomic mass is 10.2. The first kappa shape index (κ1) is 22.9. The summed E-state index contributed by atoms with van der Waals surface area (Å²) in [5, 5.41) is 2.83. The number of amides is 1. The molecule has 0 unspecified atom stereocenters. The second-order valence-electron chi connectivity index (χ2n) is 7.18. The van der Waals surface area contributed by atoms with Crippen molar-refractivity contribution >= 4 is 33.4 Å². The average molecular weight is 455 g/mol. The van der Waals surface area contributed by atoms with Crippen LogP contribution in [0.1, 0.15) is 11.1 Å². The third-order valence-electron chi connectivity index (χ3n) is 4.62. The minimum absolute atomic E-state index is 0.159. The number of benzene rings is 3. The highest BCUT2D eigenvalue weighted by Crippen LogP contribution is 2.24. The van der Waals surface area contributed by atoms with Crippen molar-refractivity contribution in [2.24, 2.45) is 0 Å². The summed E-state index contributed by atoms with van der Waals surface area (Å²) in [5.41, 5.74) is 2.35. The van der Waals surface area contributed by atoms with E-state index in [9.17, 15) is 13.2 Å². The molecular weight excluding hydrogens is 428 g/mol. The number of anilines is 1. The molecule has 0 aliphatic heterocycles. The summed E-state index contributed by atoms with van der Waals surface area (Å²) in [6.45, 7) is 3.96. The summed E-state index contributed by atoms with van der Waals surface area (Å²) in [5.74, 6) is 0.358. The lowest BCUT2D eigenvalue weighted by molar-refractivity contribution is -0.119. The fourth-order valence-corrected chi connectivity index (χ4v) is 5.20. The fraction of sp³-hybridized carbons (Fsp3) is 0.208. The highest BCUT2D eigenvalue weighted by atomic mass is 32.2. The number of nitrogens with one attached hydrogen (secondary N) is 1. The van der Waals surface area contributed by atoms with Gasteiger partial charge in [-0.05, 0) is 55.8 Å². The van der Waals surface area contributed by atoms with E-state index in [2.05, 4.69) is 5.32 Å². The van der Waals surface area contributed by atoms with Gasteiger partial charge in [0.15, 0.2) is 0 Å². The lowest BCUT2D eigenvalue weighted by Crippen LogP contribution is -2.41. The topological polar surface area (TPSA) is 66.5 Å². The Morgan fingerprint density at radius 1 is 0.903 bits per heavy atom. The van der Waals surface area contributed by atoms with E-state index in [-0.39, 0.29) is 17.3 Å². The zero-order chi connectivity index (χ0) is 22.3. The van der Waals surface area contributed by atoms with E-state index in [0.29, 0.717) is 18.0 Å². The molecule has 0 heterocycles. The van der Waals surface area contributed by atoms with E-state index in [4.69, 9.17) is 0 Å². The average Bonchev–Trinajstić information content (AvgIpc) is 2.76. The van der Waals surface area contributed by atoms with Gasteiger partial charge in [0.2, 0.25) is 5.91 Å². The van der Waals surface area contributed by atoms with Gasteiger partial charge in [-0.2, -0.15) is 0 Å². The molecule has 162 valence electrons. The molecule has 0 saturated heterocycles. The van der Waals surface area contributed by atoms with Gasteiger partial charge in [0.1, 0.15) is 6.54 Å². The van der Waals surface area contributed by atoms with Crippen molar-refractivity contribution in [3.05, 3.63) is 90.0 Å². The highest BCUT2D eigenvalue weighted by Gasteiger charge is 2.27. The molecule has 5 nitrogen and oxygen atoms in total. The zero-order valence-corrected chi connectivity index (χ0v) is 19.2. The van der Waals surface area contributed by atoms with E-state index in [0.717, 1.165) is 16.0 Å². The second-order valence-corrected chi connectivity index (χ2v) is 10.2. The number of carbonyl (C=O) groups excluding carboxylic acids is 1. The van der Waals surface area contributed by atoms with Crippen LogP contribution in [0, 0.1) is 13.8 Å². The van der Waals surface area contributed by atoms with Crippen molar-refractivity contribution in [3.63, 3.8) is 0 Å². The smallest absolute Gasteiger partial charge is 0.264 e. The van der Waals surface area contributed by atoms with Crippen molar-refractivity contribution in [3.8, 4) is 0 Å². The molecule has 31 heavy (non-hydrogen) atoms.